The van der Waals surface area contributed by atoms with Crippen LogP contribution in [0.5, 0.6) is 5.75 Å². The topological polar surface area (TPSA) is 72.5 Å². The molecule has 0 fully saturated rings. The summed E-state index contributed by atoms with van der Waals surface area (Å²) < 4.78 is 5.95. The van der Waals surface area contributed by atoms with Gasteiger partial charge < -0.3 is 10.1 Å². The van der Waals surface area contributed by atoms with Crippen molar-refractivity contribution in [2.45, 2.75) is 59.4 Å². The minimum atomic E-state index is -0.794. The van der Waals surface area contributed by atoms with Crippen molar-refractivity contribution in [3.8, 4) is 5.75 Å². The fraction of sp³-hybridized carbons (Fsp3) is 0.346. The highest BCUT2D eigenvalue weighted by Gasteiger charge is 2.31. The van der Waals surface area contributed by atoms with Crippen molar-refractivity contribution in [3.05, 3.63) is 53.6 Å². The molecule has 1 amide bonds. The van der Waals surface area contributed by atoms with E-state index in [1.807, 2.05) is 51.1 Å². The highest BCUT2D eigenvalue weighted by molar-refractivity contribution is 6.03. The second-order valence-corrected chi connectivity index (χ2v) is 8.92. The van der Waals surface area contributed by atoms with Gasteiger partial charge in [0.15, 0.2) is 0 Å². The number of ether oxygens (including phenoxy) is 1. The standard InChI is InChI=1S/C26H29NO4/c1-15-11-21-12-19-9-7-8-10-20(19)13-22(21)24(23(15)26(5,6)14-16(2)28)31-25(30)17(3)27-18(4)29/h7-13,17H,14H2,1-6H3,(H,27,29). The van der Waals surface area contributed by atoms with E-state index < -0.39 is 17.4 Å². The van der Waals surface area contributed by atoms with E-state index >= 15 is 0 Å². The lowest BCUT2D eigenvalue weighted by Gasteiger charge is -2.29. The van der Waals surface area contributed by atoms with Crippen LogP contribution in [0.25, 0.3) is 21.5 Å². The molecule has 162 valence electrons. The zero-order chi connectivity index (χ0) is 22.9. The van der Waals surface area contributed by atoms with Crippen molar-refractivity contribution in [2.75, 3.05) is 0 Å². The molecule has 1 atom stereocenters. The summed E-state index contributed by atoms with van der Waals surface area (Å²) in [6.45, 7) is 10.5. The summed E-state index contributed by atoms with van der Waals surface area (Å²) >= 11 is 0. The summed E-state index contributed by atoms with van der Waals surface area (Å²) in [5.41, 5.74) is 1.24. The Morgan fingerprint density at radius 1 is 1.00 bits per heavy atom. The maximum Gasteiger partial charge on any atom is 0.333 e. The normalized spacial score (nSPS) is 12.6. The zero-order valence-electron chi connectivity index (χ0n) is 19.0. The van der Waals surface area contributed by atoms with Gasteiger partial charge in [0.2, 0.25) is 5.91 Å². The van der Waals surface area contributed by atoms with E-state index in [0.717, 1.165) is 32.7 Å². The first-order valence-electron chi connectivity index (χ1n) is 10.4. The molecule has 0 aromatic heterocycles. The number of aryl methyl sites for hydroxylation is 1. The summed E-state index contributed by atoms with van der Waals surface area (Å²) in [6.07, 6.45) is 0.318. The second kappa shape index (κ2) is 8.50. The fourth-order valence-corrected chi connectivity index (χ4v) is 4.40. The van der Waals surface area contributed by atoms with Crippen LogP contribution in [-0.2, 0) is 19.8 Å². The van der Waals surface area contributed by atoms with Gasteiger partial charge in [0, 0.05) is 29.7 Å². The summed E-state index contributed by atoms with van der Waals surface area (Å²) in [5.74, 6) is -0.335. The van der Waals surface area contributed by atoms with Crippen LogP contribution in [0.2, 0.25) is 0 Å². The van der Waals surface area contributed by atoms with Crippen molar-refractivity contribution >= 4 is 39.2 Å². The van der Waals surface area contributed by atoms with Crippen molar-refractivity contribution < 1.29 is 19.1 Å². The van der Waals surface area contributed by atoms with Gasteiger partial charge in [-0.25, -0.2) is 4.79 Å². The Morgan fingerprint density at radius 2 is 1.61 bits per heavy atom. The van der Waals surface area contributed by atoms with E-state index in [0.29, 0.717) is 12.2 Å². The molecule has 3 rings (SSSR count). The van der Waals surface area contributed by atoms with Crippen LogP contribution in [0.15, 0.2) is 42.5 Å². The van der Waals surface area contributed by atoms with Gasteiger partial charge in [0.05, 0.1) is 0 Å². The Labute approximate surface area is 182 Å². The lowest BCUT2D eigenvalue weighted by molar-refractivity contribution is -0.138. The maximum atomic E-state index is 12.9. The van der Waals surface area contributed by atoms with Crippen molar-refractivity contribution in [1.82, 2.24) is 5.32 Å². The number of carbonyl (C=O) groups is 3. The Balaban J connectivity index is 2.27. The Kier molecular flexibility index (Phi) is 6.16. The van der Waals surface area contributed by atoms with E-state index in [1.54, 1.807) is 13.8 Å². The molecule has 0 saturated heterocycles. The zero-order valence-corrected chi connectivity index (χ0v) is 19.0. The molecular formula is C26H29NO4. The van der Waals surface area contributed by atoms with E-state index in [9.17, 15) is 14.4 Å². The van der Waals surface area contributed by atoms with Crippen LogP contribution in [0, 0.1) is 6.92 Å². The molecular weight excluding hydrogens is 390 g/mol. The first kappa shape index (κ1) is 22.5. The van der Waals surface area contributed by atoms with Crippen LogP contribution >= 0.6 is 0 Å². The predicted molar refractivity (Wildman–Crippen MR) is 123 cm³/mol. The Hall–Kier alpha value is -3.21. The van der Waals surface area contributed by atoms with E-state index in [4.69, 9.17) is 4.74 Å². The number of rotatable bonds is 6. The molecule has 0 aliphatic rings. The molecule has 1 unspecified atom stereocenters. The number of ketones is 1. The Bertz CT molecular complexity index is 1190. The van der Waals surface area contributed by atoms with Gasteiger partial charge in [-0.2, -0.15) is 0 Å². The molecule has 3 aromatic rings. The number of amides is 1. The molecule has 0 aliphatic carbocycles. The smallest absolute Gasteiger partial charge is 0.333 e. The number of hydrogen-bond donors (Lipinski definition) is 1. The van der Waals surface area contributed by atoms with Crippen molar-refractivity contribution in [2.24, 2.45) is 0 Å². The number of fused-ring (bicyclic) bond motifs is 2. The highest BCUT2D eigenvalue weighted by Crippen LogP contribution is 2.43. The van der Waals surface area contributed by atoms with Gasteiger partial charge in [-0.15, -0.1) is 0 Å². The van der Waals surface area contributed by atoms with Crippen LogP contribution in [0.1, 0.15) is 52.2 Å². The quantitative estimate of drug-likeness (QED) is 0.347. The first-order chi connectivity index (χ1) is 14.5. The average Bonchev–Trinajstić information content (AvgIpc) is 2.64. The van der Waals surface area contributed by atoms with Gasteiger partial charge in [-0.3, -0.25) is 9.59 Å². The van der Waals surface area contributed by atoms with Gasteiger partial charge in [-0.05, 0) is 54.6 Å². The van der Waals surface area contributed by atoms with Gasteiger partial charge in [0.25, 0.3) is 0 Å². The molecule has 0 radical (unpaired) electrons. The molecule has 3 aromatic carbocycles. The number of nitrogens with one attached hydrogen (secondary N) is 1. The van der Waals surface area contributed by atoms with Gasteiger partial charge in [0.1, 0.15) is 17.6 Å². The van der Waals surface area contributed by atoms with Crippen LogP contribution in [0.3, 0.4) is 0 Å². The third-order valence-corrected chi connectivity index (χ3v) is 5.50. The molecule has 0 saturated carbocycles. The highest BCUT2D eigenvalue weighted by atomic mass is 16.5. The number of hydrogen-bond acceptors (Lipinski definition) is 4. The minimum absolute atomic E-state index is 0.0619. The van der Waals surface area contributed by atoms with Gasteiger partial charge in [-0.1, -0.05) is 44.2 Å². The lowest BCUT2D eigenvalue weighted by atomic mass is 9.76. The summed E-state index contributed by atoms with van der Waals surface area (Å²) in [7, 11) is 0. The molecule has 0 spiro atoms. The number of carbonyl (C=O) groups excluding carboxylic acids is 3. The van der Waals surface area contributed by atoms with Crippen LogP contribution in [-0.4, -0.2) is 23.7 Å². The maximum absolute atomic E-state index is 12.9. The monoisotopic (exact) mass is 419 g/mol. The number of Topliss-reactive ketones (excluding diaryl/α,β-unsaturated/α-hetero) is 1. The lowest BCUT2D eigenvalue weighted by Crippen LogP contribution is -2.40. The molecule has 0 heterocycles. The van der Waals surface area contributed by atoms with E-state index in [2.05, 4.69) is 17.4 Å². The summed E-state index contributed by atoms with van der Waals surface area (Å²) in [6, 6.07) is 13.4. The first-order valence-corrected chi connectivity index (χ1v) is 10.4. The SMILES string of the molecule is CC(=O)CC(C)(C)c1c(C)cc2cc3ccccc3cc2c1OC(=O)C(C)NC(C)=O. The van der Waals surface area contributed by atoms with Crippen LogP contribution < -0.4 is 10.1 Å². The minimum Gasteiger partial charge on any atom is -0.424 e. The molecule has 0 aliphatic heterocycles. The fourth-order valence-electron chi connectivity index (χ4n) is 4.40. The van der Waals surface area contributed by atoms with Crippen molar-refractivity contribution in [1.29, 1.82) is 0 Å². The third kappa shape index (κ3) is 4.76. The summed E-state index contributed by atoms with van der Waals surface area (Å²) in [4.78, 5) is 36.3. The molecule has 5 nitrogen and oxygen atoms in total. The second-order valence-electron chi connectivity index (χ2n) is 8.92. The number of esters is 1. The van der Waals surface area contributed by atoms with Crippen molar-refractivity contribution in [3.63, 3.8) is 0 Å². The summed E-state index contributed by atoms with van der Waals surface area (Å²) in [5, 5.41) is 6.46. The number of benzene rings is 3. The van der Waals surface area contributed by atoms with Crippen LogP contribution in [0.4, 0.5) is 0 Å². The van der Waals surface area contributed by atoms with Gasteiger partial charge >= 0.3 is 5.97 Å². The molecule has 5 heteroatoms. The molecule has 1 N–H and O–H groups in total. The Morgan fingerprint density at radius 3 is 2.19 bits per heavy atom. The largest absolute Gasteiger partial charge is 0.424 e. The van der Waals surface area contributed by atoms with E-state index in [1.165, 1.54) is 6.92 Å². The van der Waals surface area contributed by atoms with E-state index in [-0.39, 0.29) is 11.7 Å². The molecule has 0 bridgehead atoms. The molecule has 31 heavy (non-hydrogen) atoms. The average molecular weight is 420 g/mol. The predicted octanol–water partition coefficient (Wildman–Crippen LogP) is 4.99. The third-order valence-electron chi connectivity index (χ3n) is 5.50.